The molecule has 3 rings (SSSR count). The smallest absolute Gasteiger partial charge is 0.129 e. The number of nitrogens with zero attached hydrogens (tertiary/aromatic N) is 1. The number of rotatable bonds is 4. The molecule has 21 heavy (non-hydrogen) atoms. The van der Waals surface area contributed by atoms with Crippen LogP contribution in [0.1, 0.15) is 11.3 Å². The van der Waals surface area contributed by atoms with Crippen molar-refractivity contribution in [2.75, 3.05) is 0 Å². The van der Waals surface area contributed by atoms with Crippen LogP contribution < -0.4 is 4.74 Å². The molecule has 1 heterocycles. The van der Waals surface area contributed by atoms with Crippen molar-refractivity contribution in [2.24, 2.45) is 0 Å². The van der Waals surface area contributed by atoms with E-state index in [1.165, 1.54) is 0 Å². The van der Waals surface area contributed by atoms with E-state index in [1.54, 1.807) is 6.07 Å². The molecule has 2 nitrogen and oxygen atoms in total. The molecule has 1 aromatic heterocycles. The van der Waals surface area contributed by atoms with Crippen LogP contribution in [0, 0.1) is 0 Å². The lowest BCUT2D eigenvalue weighted by molar-refractivity contribution is 0.482. The third kappa shape index (κ3) is 3.83. The van der Waals surface area contributed by atoms with E-state index in [4.69, 9.17) is 16.3 Å². The molecule has 0 saturated heterocycles. The van der Waals surface area contributed by atoms with Gasteiger partial charge in [0.05, 0.1) is 0 Å². The number of aromatic nitrogens is 1. The van der Waals surface area contributed by atoms with Crippen molar-refractivity contribution < 1.29 is 4.74 Å². The van der Waals surface area contributed by atoms with E-state index in [0.29, 0.717) is 5.15 Å². The lowest BCUT2D eigenvalue weighted by Gasteiger charge is -2.07. The van der Waals surface area contributed by atoms with Gasteiger partial charge in [-0.3, -0.25) is 0 Å². The highest BCUT2D eigenvalue weighted by Gasteiger charge is 2.02. The fourth-order valence-electron chi connectivity index (χ4n) is 2.10. The van der Waals surface area contributed by atoms with E-state index in [2.05, 4.69) is 11.1 Å². The molecular formula is C18H14ClNO. The normalized spacial score (nSPS) is 10.3. The fraction of sp³-hybridized carbons (Fsp3) is 0.0556. The van der Waals surface area contributed by atoms with E-state index in [-0.39, 0.29) is 0 Å². The molecule has 0 amide bonds. The fourth-order valence-corrected chi connectivity index (χ4v) is 2.28. The highest BCUT2D eigenvalue weighted by atomic mass is 35.5. The van der Waals surface area contributed by atoms with Crippen LogP contribution in [0.5, 0.6) is 11.5 Å². The van der Waals surface area contributed by atoms with Crippen LogP contribution in [0.25, 0.3) is 0 Å². The summed E-state index contributed by atoms with van der Waals surface area (Å²) in [5.41, 5.74) is 2.08. The van der Waals surface area contributed by atoms with Gasteiger partial charge in [0.25, 0.3) is 0 Å². The van der Waals surface area contributed by atoms with Gasteiger partial charge in [-0.25, -0.2) is 4.98 Å². The number of halogens is 1. The van der Waals surface area contributed by atoms with Crippen LogP contribution in [-0.4, -0.2) is 4.98 Å². The van der Waals surface area contributed by atoms with Gasteiger partial charge in [-0.2, -0.15) is 0 Å². The highest BCUT2D eigenvalue weighted by Crippen LogP contribution is 2.22. The Morgan fingerprint density at radius 3 is 2.38 bits per heavy atom. The molecule has 0 aliphatic carbocycles. The maximum absolute atomic E-state index is 5.91. The van der Waals surface area contributed by atoms with E-state index in [9.17, 15) is 0 Å². The van der Waals surface area contributed by atoms with Crippen molar-refractivity contribution in [2.45, 2.75) is 6.42 Å². The Hall–Kier alpha value is -2.32. The first-order valence-corrected chi connectivity index (χ1v) is 7.11. The largest absolute Gasteiger partial charge is 0.457 e. The number of benzene rings is 2. The standard InChI is InChI=1S/C18H14ClNO/c19-18-11-5-7-15(20-18)12-14-6-4-10-17(13-14)21-16-8-2-1-3-9-16/h1-11,13H,12H2. The monoisotopic (exact) mass is 295 g/mol. The molecule has 0 bridgehead atoms. The van der Waals surface area contributed by atoms with Gasteiger partial charge in [0, 0.05) is 12.1 Å². The first kappa shape index (κ1) is 13.7. The maximum Gasteiger partial charge on any atom is 0.129 e. The molecule has 3 aromatic rings. The zero-order valence-electron chi connectivity index (χ0n) is 11.4. The van der Waals surface area contributed by atoms with Crippen LogP contribution in [0.15, 0.2) is 72.8 Å². The number of pyridine rings is 1. The predicted octanol–water partition coefficient (Wildman–Crippen LogP) is 5.12. The quantitative estimate of drug-likeness (QED) is 0.623. The second kappa shape index (κ2) is 6.42. The maximum atomic E-state index is 5.91. The summed E-state index contributed by atoms with van der Waals surface area (Å²) < 4.78 is 5.83. The molecule has 0 N–H and O–H groups in total. The number of hydrogen-bond acceptors (Lipinski definition) is 2. The third-order valence-corrected chi connectivity index (χ3v) is 3.25. The molecule has 0 unspecified atom stereocenters. The van der Waals surface area contributed by atoms with Crippen LogP contribution in [0.3, 0.4) is 0 Å². The predicted molar refractivity (Wildman–Crippen MR) is 85.0 cm³/mol. The lowest BCUT2D eigenvalue weighted by atomic mass is 10.1. The summed E-state index contributed by atoms with van der Waals surface area (Å²) >= 11 is 5.91. The van der Waals surface area contributed by atoms with Crippen molar-refractivity contribution in [1.82, 2.24) is 4.98 Å². The summed E-state index contributed by atoms with van der Waals surface area (Å²) in [4.78, 5) is 4.31. The SMILES string of the molecule is Clc1cccc(Cc2cccc(Oc3ccccc3)c2)n1. The van der Waals surface area contributed by atoms with Crippen molar-refractivity contribution >= 4 is 11.6 Å². The third-order valence-electron chi connectivity index (χ3n) is 3.04. The molecule has 0 saturated carbocycles. The zero-order chi connectivity index (χ0) is 14.5. The summed E-state index contributed by atoms with van der Waals surface area (Å²) in [6.07, 6.45) is 0.729. The zero-order valence-corrected chi connectivity index (χ0v) is 12.1. The molecule has 104 valence electrons. The molecule has 0 spiro atoms. The Kier molecular flexibility index (Phi) is 4.17. The van der Waals surface area contributed by atoms with Crippen molar-refractivity contribution in [1.29, 1.82) is 0 Å². The molecule has 0 fully saturated rings. The molecule has 0 radical (unpaired) electrons. The summed E-state index contributed by atoms with van der Waals surface area (Å²) in [6, 6.07) is 23.4. The van der Waals surface area contributed by atoms with Gasteiger partial charge in [-0.1, -0.05) is 48.0 Å². The Morgan fingerprint density at radius 2 is 1.57 bits per heavy atom. The molecular weight excluding hydrogens is 282 g/mol. The minimum atomic E-state index is 0.518. The second-order valence-electron chi connectivity index (χ2n) is 4.69. The van der Waals surface area contributed by atoms with Crippen LogP contribution in [-0.2, 0) is 6.42 Å². The topological polar surface area (TPSA) is 22.1 Å². The number of hydrogen-bond donors (Lipinski definition) is 0. The van der Waals surface area contributed by atoms with Gasteiger partial charge in [0.2, 0.25) is 0 Å². The number of para-hydroxylation sites is 1. The lowest BCUT2D eigenvalue weighted by Crippen LogP contribution is -1.93. The van der Waals surface area contributed by atoms with Gasteiger partial charge in [0.1, 0.15) is 16.7 Å². The number of ether oxygens (including phenoxy) is 1. The van der Waals surface area contributed by atoms with E-state index < -0.39 is 0 Å². The Balaban J connectivity index is 1.77. The van der Waals surface area contributed by atoms with Gasteiger partial charge in [-0.15, -0.1) is 0 Å². The summed E-state index contributed by atoms with van der Waals surface area (Å²) in [5.74, 6) is 1.65. The van der Waals surface area contributed by atoms with Crippen molar-refractivity contribution in [3.8, 4) is 11.5 Å². The van der Waals surface area contributed by atoms with Crippen LogP contribution in [0.2, 0.25) is 5.15 Å². The van der Waals surface area contributed by atoms with Gasteiger partial charge in [-0.05, 0) is 42.0 Å². The highest BCUT2D eigenvalue weighted by molar-refractivity contribution is 6.29. The Labute approximate surface area is 129 Å². The van der Waals surface area contributed by atoms with Gasteiger partial charge < -0.3 is 4.74 Å². The summed E-state index contributed by atoms with van der Waals surface area (Å²) in [6.45, 7) is 0. The van der Waals surface area contributed by atoms with Crippen LogP contribution >= 0.6 is 11.6 Å². The van der Waals surface area contributed by atoms with E-state index in [0.717, 1.165) is 29.2 Å². The van der Waals surface area contributed by atoms with Crippen molar-refractivity contribution in [3.63, 3.8) is 0 Å². The van der Waals surface area contributed by atoms with E-state index in [1.807, 2.05) is 60.7 Å². The first-order valence-electron chi connectivity index (χ1n) is 6.73. The van der Waals surface area contributed by atoms with E-state index >= 15 is 0 Å². The minimum absolute atomic E-state index is 0.518. The Morgan fingerprint density at radius 1 is 0.810 bits per heavy atom. The molecule has 0 aliphatic rings. The average Bonchev–Trinajstić information content (AvgIpc) is 2.49. The van der Waals surface area contributed by atoms with Crippen molar-refractivity contribution in [3.05, 3.63) is 89.2 Å². The van der Waals surface area contributed by atoms with Crippen LogP contribution in [0.4, 0.5) is 0 Å². The molecule has 0 aliphatic heterocycles. The molecule has 0 atom stereocenters. The first-order chi connectivity index (χ1) is 10.3. The molecule has 2 aromatic carbocycles. The Bertz CT molecular complexity index is 728. The average molecular weight is 296 g/mol. The molecule has 3 heteroatoms. The summed E-state index contributed by atoms with van der Waals surface area (Å²) in [7, 11) is 0. The van der Waals surface area contributed by atoms with Gasteiger partial charge in [0.15, 0.2) is 0 Å². The minimum Gasteiger partial charge on any atom is -0.457 e. The van der Waals surface area contributed by atoms with Gasteiger partial charge >= 0.3 is 0 Å². The second-order valence-corrected chi connectivity index (χ2v) is 5.08. The summed E-state index contributed by atoms with van der Waals surface area (Å²) in [5, 5.41) is 0.518.